The van der Waals surface area contributed by atoms with Crippen LogP contribution >= 0.6 is 11.3 Å². The van der Waals surface area contributed by atoms with E-state index in [9.17, 15) is 4.79 Å². The van der Waals surface area contributed by atoms with E-state index in [0.717, 1.165) is 51.9 Å². The number of hydrogen-bond acceptors (Lipinski definition) is 6. The summed E-state index contributed by atoms with van der Waals surface area (Å²) in [5.74, 6) is 0.651. The van der Waals surface area contributed by atoms with Crippen LogP contribution in [0.4, 0.5) is 9.93 Å². The molecule has 0 bridgehead atoms. The summed E-state index contributed by atoms with van der Waals surface area (Å²) in [4.78, 5) is 22.7. The van der Waals surface area contributed by atoms with Crippen LogP contribution in [-0.2, 0) is 17.6 Å². The van der Waals surface area contributed by atoms with Crippen molar-refractivity contribution in [2.75, 3.05) is 31.9 Å². The highest BCUT2D eigenvalue weighted by molar-refractivity contribution is 7.15. The van der Waals surface area contributed by atoms with Crippen molar-refractivity contribution >= 4 is 22.6 Å². The number of nitrogens with zero attached hydrogens (tertiary/aromatic N) is 3. The van der Waals surface area contributed by atoms with Crippen LogP contribution < -0.4 is 5.73 Å². The maximum Gasteiger partial charge on any atom is 0.410 e. The predicted molar refractivity (Wildman–Crippen MR) is 115 cm³/mol. The molecule has 1 aliphatic heterocycles. The molecule has 158 valence electrons. The molecule has 0 saturated carbocycles. The summed E-state index contributed by atoms with van der Waals surface area (Å²) in [6.07, 6.45) is 6.43. The molecule has 7 heteroatoms. The van der Waals surface area contributed by atoms with Gasteiger partial charge in [-0.05, 0) is 71.8 Å². The van der Waals surface area contributed by atoms with E-state index >= 15 is 0 Å². The van der Waals surface area contributed by atoms with Crippen molar-refractivity contribution in [2.45, 2.75) is 77.9 Å². The van der Waals surface area contributed by atoms with Crippen LogP contribution in [0, 0.1) is 5.92 Å². The van der Waals surface area contributed by atoms with E-state index in [4.69, 9.17) is 10.5 Å². The monoisotopic (exact) mass is 408 g/mol. The van der Waals surface area contributed by atoms with Crippen molar-refractivity contribution in [3.63, 3.8) is 0 Å². The van der Waals surface area contributed by atoms with Gasteiger partial charge in [-0.25, -0.2) is 9.78 Å². The fourth-order valence-corrected chi connectivity index (χ4v) is 5.31. The topological polar surface area (TPSA) is 71.7 Å². The minimum absolute atomic E-state index is 0.168. The first-order valence-corrected chi connectivity index (χ1v) is 11.5. The summed E-state index contributed by atoms with van der Waals surface area (Å²) < 4.78 is 5.52. The third kappa shape index (κ3) is 5.60. The number of hydrogen-bond donors (Lipinski definition) is 1. The first-order valence-electron chi connectivity index (χ1n) is 10.7. The minimum atomic E-state index is -0.425. The first-order chi connectivity index (χ1) is 13.2. The molecule has 2 heterocycles. The van der Waals surface area contributed by atoms with Crippen molar-refractivity contribution in [3.05, 3.63) is 10.6 Å². The molecule has 2 aliphatic rings. The molecule has 1 aliphatic carbocycles. The Morgan fingerprint density at radius 3 is 2.68 bits per heavy atom. The van der Waals surface area contributed by atoms with E-state index in [-0.39, 0.29) is 6.09 Å². The van der Waals surface area contributed by atoms with Gasteiger partial charge in [0, 0.05) is 30.6 Å². The van der Waals surface area contributed by atoms with Crippen LogP contribution in [0.1, 0.15) is 63.9 Å². The highest BCUT2D eigenvalue weighted by Gasteiger charge is 2.31. The van der Waals surface area contributed by atoms with Gasteiger partial charge in [0.1, 0.15) is 5.60 Å². The fourth-order valence-electron chi connectivity index (χ4n) is 4.36. The Morgan fingerprint density at radius 1 is 1.32 bits per heavy atom. The Balaban J connectivity index is 1.52. The quantitative estimate of drug-likeness (QED) is 0.799. The van der Waals surface area contributed by atoms with E-state index < -0.39 is 5.60 Å². The maximum atomic E-state index is 12.3. The lowest BCUT2D eigenvalue weighted by Crippen LogP contribution is -2.46. The Hall–Kier alpha value is -1.34. The number of aryl methyl sites for hydroxylation is 1. The van der Waals surface area contributed by atoms with Gasteiger partial charge < -0.3 is 15.4 Å². The van der Waals surface area contributed by atoms with Crippen LogP contribution in [0.5, 0.6) is 0 Å². The minimum Gasteiger partial charge on any atom is -0.444 e. The normalized spacial score (nSPS) is 21.0. The van der Waals surface area contributed by atoms with Gasteiger partial charge in [-0.15, -0.1) is 11.3 Å². The van der Waals surface area contributed by atoms with Gasteiger partial charge in [0.2, 0.25) is 0 Å². The number of carbonyl (C=O) groups excluding carboxylic acids is 1. The van der Waals surface area contributed by atoms with Gasteiger partial charge in [-0.1, -0.05) is 6.92 Å². The van der Waals surface area contributed by atoms with Gasteiger partial charge in [0.25, 0.3) is 0 Å². The molecule has 1 aromatic rings. The molecule has 2 N–H and O–H groups in total. The summed E-state index contributed by atoms with van der Waals surface area (Å²) in [7, 11) is 0. The molecule has 0 unspecified atom stereocenters. The zero-order valence-electron chi connectivity index (χ0n) is 17.9. The number of carbonyl (C=O) groups is 1. The molecule has 1 amide bonds. The number of thiazole rings is 1. The largest absolute Gasteiger partial charge is 0.444 e. The molecular weight excluding hydrogens is 372 g/mol. The Labute approximate surface area is 173 Å². The summed E-state index contributed by atoms with van der Waals surface area (Å²) in [5.41, 5.74) is 6.71. The number of fused-ring (bicyclic) bond motifs is 1. The maximum absolute atomic E-state index is 12.3. The average Bonchev–Trinajstić information content (AvgIpc) is 2.99. The molecule has 1 fully saturated rings. The molecular formula is C21H36N4O2S. The van der Waals surface area contributed by atoms with Crippen molar-refractivity contribution < 1.29 is 9.53 Å². The summed E-state index contributed by atoms with van der Waals surface area (Å²) in [6, 6.07) is 0.594. The zero-order chi connectivity index (χ0) is 20.3. The van der Waals surface area contributed by atoms with Gasteiger partial charge in [-0.2, -0.15) is 0 Å². The summed E-state index contributed by atoms with van der Waals surface area (Å²) in [6.45, 7) is 11.9. The second kappa shape index (κ2) is 8.99. The molecule has 0 aromatic carbocycles. The van der Waals surface area contributed by atoms with Crippen molar-refractivity contribution in [3.8, 4) is 0 Å². The third-order valence-electron chi connectivity index (χ3n) is 5.72. The molecule has 1 atom stereocenters. The number of likely N-dealkylation sites (tertiary alicyclic amines) is 1. The van der Waals surface area contributed by atoms with Gasteiger partial charge in [-0.3, -0.25) is 4.90 Å². The lowest BCUT2D eigenvalue weighted by atomic mass is 9.92. The second-order valence-electron chi connectivity index (χ2n) is 9.22. The Bertz CT molecular complexity index is 662. The van der Waals surface area contributed by atoms with E-state index in [2.05, 4.69) is 16.8 Å². The molecule has 6 nitrogen and oxygen atoms in total. The van der Waals surface area contributed by atoms with Gasteiger partial charge in [0.15, 0.2) is 5.13 Å². The highest BCUT2D eigenvalue weighted by Crippen LogP contribution is 2.31. The predicted octanol–water partition coefficient (Wildman–Crippen LogP) is 3.94. The third-order valence-corrected chi connectivity index (χ3v) is 6.67. The lowest BCUT2D eigenvalue weighted by molar-refractivity contribution is 0.0160. The number of ether oxygens (including phenoxy) is 1. The van der Waals surface area contributed by atoms with Crippen LogP contribution in [0.15, 0.2) is 0 Å². The van der Waals surface area contributed by atoms with Crippen LogP contribution in [0.25, 0.3) is 0 Å². The van der Waals surface area contributed by atoms with Crippen LogP contribution in [-0.4, -0.2) is 58.7 Å². The SMILES string of the molecule is CCCN(CC1CCN(C(=O)OC(C)(C)C)CC1)[C@H]1CCc2nc(N)sc2C1. The van der Waals surface area contributed by atoms with E-state index in [0.29, 0.717) is 17.1 Å². The number of nitrogens with two attached hydrogens (primary N) is 1. The smallest absolute Gasteiger partial charge is 0.410 e. The number of anilines is 1. The molecule has 0 spiro atoms. The van der Waals surface area contributed by atoms with Gasteiger partial charge >= 0.3 is 6.09 Å². The van der Waals surface area contributed by atoms with Crippen LogP contribution in [0.3, 0.4) is 0 Å². The molecule has 3 rings (SSSR count). The zero-order valence-corrected chi connectivity index (χ0v) is 18.7. The summed E-state index contributed by atoms with van der Waals surface area (Å²) >= 11 is 1.67. The lowest BCUT2D eigenvalue weighted by Gasteiger charge is -2.39. The number of aromatic nitrogens is 1. The summed E-state index contributed by atoms with van der Waals surface area (Å²) in [5, 5.41) is 0.710. The molecule has 1 aromatic heterocycles. The Kier molecular flexibility index (Phi) is 6.86. The number of nitrogen functional groups attached to an aromatic ring is 1. The van der Waals surface area contributed by atoms with Gasteiger partial charge in [0.05, 0.1) is 5.69 Å². The van der Waals surface area contributed by atoms with E-state index in [1.807, 2.05) is 25.7 Å². The van der Waals surface area contributed by atoms with Crippen molar-refractivity contribution in [2.24, 2.45) is 5.92 Å². The van der Waals surface area contributed by atoms with Crippen molar-refractivity contribution in [1.82, 2.24) is 14.8 Å². The van der Waals surface area contributed by atoms with E-state index in [1.54, 1.807) is 11.3 Å². The molecule has 0 radical (unpaired) electrons. The van der Waals surface area contributed by atoms with Crippen molar-refractivity contribution in [1.29, 1.82) is 0 Å². The molecule has 1 saturated heterocycles. The first kappa shape index (κ1) is 21.4. The van der Waals surface area contributed by atoms with Crippen LogP contribution in [0.2, 0.25) is 0 Å². The number of piperidine rings is 1. The standard InChI is InChI=1S/C21H36N4O2S/c1-5-10-25(16-6-7-17-18(13-16)28-19(22)23-17)14-15-8-11-24(12-9-15)20(26)27-21(2,3)4/h15-16H,5-14H2,1-4H3,(H2,22,23)/t16-/m0/s1. The number of rotatable bonds is 5. The average molecular weight is 409 g/mol. The highest BCUT2D eigenvalue weighted by atomic mass is 32.1. The Morgan fingerprint density at radius 2 is 2.04 bits per heavy atom. The van der Waals surface area contributed by atoms with E-state index in [1.165, 1.54) is 23.4 Å². The molecule has 28 heavy (non-hydrogen) atoms. The second-order valence-corrected chi connectivity index (χ2v) is 10.3. The number of amides is 1. The fraction of sp³-hybridized carbons (Fsp3) is 0.810.